The number of esters is 1. The lowest BCUT2D eigenvalue weighted by molar-refractivity contribution is -0.384. The number of hydrogen-bond donors (Lipinski definition) is 0. The second-order valence-electron chi connectivity index (χ2n) is 5.15. The smallest absolute Gasteiger partial charge is 0.363 e. The van der Waals surface area contributed by atoms with E-state index in [-0.39, 0.29) is 17.3 Å². The van der Waals surface area contributed by atoms with Gasteiger partial charge >= 0.3 is 5.97 Å². The van der Waals surface area contributed by atoms with Crippen LogP contribution >= 0.6 is 22.6 Å². The molecule has 0 saturated heterocycles. The van der Waals surface area contributed by atoms with Gasteiger partial charge in [-0.25, -0.2) is 9.79 Å². The van der Waals surface area contributed by atoms with Gasteiger partial charge in [0.1, 0.15) is 0 Å². The molecule has 0 bridgehead atoms. The van der Waals surface area contributed by atoms with Gasteiger partial charge in [-0.1, -0.05) is 0 Å². The molecule has 0 atom stereocenters. The number of non-ortho nitro benzene ring substituents is 1. The van der Waals surface area contributed by atoms with E-state index in [0.717, 1.165) is 14.7 Å². The monoisotopic (exact) mass is 434 g/mol. The Kier molecular flexibility index (Phi) is 4.43. The van der Waals surface area contributed by atoms with Crippen molar-refractivity contribution in [2.24, 2.45) is 4.99 Å². The van der Waals surface area contributed by atoms with E-state index >= 15 is 0 Å². The molecule has 1 aliphatic rings. The van der Waals surface area contributed by atoms with Crippen molar-refractivity contribution in [2.75, 3.05) is 0 Å². The number of nitro groups is 1. The molecule has 0 amide bonds. The first kappa shape index (κ1) is 16.3. The molecule has 0 fully saturated rings. The molecule has 0 N–H and O–H groups in total. The number of cyclic esters (lactones) is 1. The highest BCUT2D eigenvalue weighted by Gasteiger charge is 2.24. The molecular formula is C17H11IN2O4. The Balaban J connectivity index is 1.90. The van der Waals surface area contributed by atoms with Crippen molar-refractivity contribution in [1.29, 1.82) is 0 Å². The van der Waals surface area contributed by atoms with Crippen molar-refractivity contribution in [3.05, 3.63) is 78.5 Å². The third-order valence-electron chi connectivity index (χ3n) is 3.43. The normalized spacial score (nSPS) is 15.3. The first-order valence-electron chi connectivity index (χ1n) is 6.97. The first-order valence-corrected chi connectivity index (χ1v) is 8.05. The van der Waals surface area contributed by atoms with Crippen LogP contribution in [0.15, 0.2) is 53.2 Å². The van der Waals surface area contributed by atoms with Crippen molar-refractivity contribution in [1.82, 2.24) is 0 Å². The minimum atomic E-state index is -0.542. The summed E-state index contributed by atoms with van der Waals surface area (Å²) in [6, 6.07) is 11.5. The number of halogens is 1. The van der Waals surface area contributed by atoms with Crippen LogP contribution < -0.4 is 0 Å². The number of nitrogens with zero attached hydrogens (tertiary/aromatic N) is 2. The molecule has 1 heterocycles. The number of carbonyl (C=O) groups excluding carboxylic acids is 1. The van der Waals surface area contributed by atoms with Gasteiger partial charge in [-0.3, -0.25) is 10.1 Å². The highest BCUT2D eigenvalue weighted by molar-refractivity contribution is 14.1. The molecule has 0 aromatic heterocycles. The van der Waals surface area contributed by atoms with Crippen LogP contribution in [0, 0.1) is 20.6 Å². The van der Waals surface area contributed by atoms with Crippen molar-refractivity contribution in [3.63, 3.8) is 0 Å². The van der Waals surface area contributed by atoms with E-state index in [4.69, 9.17) is 4.74 Å². The van der Waals surface area contributed by atoms with Crippen LogP contribution in [0.25, 0.3) is 6.08 Å². The maximum absolute atomic E-state index is 12.0. The van der Waals surface area contributed by atoms with Crippen molar-refractivity contribution >= 4 is 46.2 Å². The maximum atomic E-state index is 12.0. The maximum Gasteiger partial charge on any atom is 0.363 e. The van der Waals surface area contributed by atoms with Gasteiger partial charge in [0.25, 0.3) is 5.69 Å². The Hall–Kier alpha value is -2.55. The summed E-state index contributed by atoms with van der Waals surface area (Å²) in [5, 5.41) is 10.7. The van der Waals surface area contributed by atoms with Gasteiger partial charge in [0.15, 0.2) is 5.70 Å². The summed E-state index contributed by atoms with van der Waals surface area (Å²) in [5.74, 6) is -0.285. The van der Waals surface area contributed by atoms with E-state index in [2.05, 4.69) is 27.6 Å². The highest BCUT2D eigenvalue weighted by Crippen LogP contribution is 2.22. The van der Waals surface area contributed by atoms with Gasteiger partial charge in [0.2, 0.25) is 5.90 Å². The van der Waals surface area contributed by atoms with E-state index in [1.165, 1.54) is 12.1 Å². The van der Waals surface area contributed by atoms with Gasteiger partial charge in [0.05, 0.1) is 4.92 Å². The zero-order valence-corrected chi connectivity index (χ0v) is 14.7. The predicted octanol–water partition coefficient (Wildman–Crippen LogP) is 3.85. The van der Waals surface area contributed by atoms with E-state index in [9.17, 15) is 14.9 Å². The Labute approximate surface area is 151 Å². The lowest BCUT2D eigenvalue weighted by Crippen LogP contribution is -2.05. The fourth-order valence-corrected chi connectivity index (χ4v) is 2.50. The van der Waals surface area contributed by atoms with E-state index in [1.807, 2.05) is 25.1 Å². The number of aliphatic imine (C=N–C) groups is 1. The summed E-state index contributed by atoms with van der Waals surface area (Å²) >= 11 is 2.23. The topological polar surface area (TPSA) is 81.8 Å². The molecule has 120 valence electrons. The minimum absolute atomic E-state index is 0.00953. The summed E-state index contributed by atoms with van der Waals surface area (Å²) in [6.45, 7) is 1.97. The average Bonchev–Trinajstić information content (AvgIpc) is 2.91. The fraction of sp³-hybridized carbons (Fsp3) is 0.0588. The number of rotatable bonds is 3. The summed E-state index contributed by atoms with van der Waals surface area (Å²) in [6.07, 6.45) is 1.54. The highest BCUT2D eigenvalue weighted by atomic mass is 127. The van der Waals surface area contributed by atoms with Crippen LogP contribution in [0.3, 0.4) is 0 Å². The molecular weight excluding hydrogens is 423 g/mol. The number of ether oxygens (including phenoxy) is 1. The van der Waals surface area contributed by atoms with Crippen molar-refractivity contribution < 1.29 is 14.5 Å². The summed E-state index contributed by atoms with van der Waals surface area (Å²) in [5.41, 5.74) is 2.59. The van der Waals surface area contributed by atoms with E-state index in [0.29, 0.717) is 5.56 Å². The molecule has 0 unspecified atom stereocenters. The SMILES string of the molecule is Cc1cc(C2=N/C(=C\c3ccc([N+](=O)[O-])cc3)C(=O)O2)ccc1I. The molecule has 2 aromatic carbocycles. The molecule has 0 spiro atoms. The quantitative estimate of drug-likeness (QED) is 0.242. The molecule has 1 aliphatic heterocycles. The zero-order valence-electron chi connectivity index (χ0n) is 12.5. The second-order valence-corrected chi connectivity index (χ2v) is 6.31. The zero-order chi connectivity index (χ0) is 17.3. The minimum Gasteiger partial charge on any atom is -0.402 e. The Bertz CT molecular complexity index is 901. The second kappa shape index (κ2) is 6.52. The molecule has 2 aromatic rings. The summed E-state index contributed by atoms with van der Waals surface area (Å²) in [7, 11) is 0. The van der Waals surface area contributed by atoms with Crippen LogP contribution in [-0.4, -0.2) is 16.8 Å². The third kappa shape index (κ3) is 3.35. The van der Waals surface area contributed by atoms with Gasteiger partial charge < -0.3 is 4.74 Å². The molecule has 7 heteroatoms. The van der Waals surface area contributed by atoms with Crippen molar-refractivity contribution in [2.45, 2.75) is 6.92 Å². The van der Waals surface area contributed by atoms with Crippen LogP contribution in [0.5, 0.6) is 0 Å². The van der Waals surface area contributed by atoms with E-state index < -0.39 is 10.9 Å². The van der Waals surface area contributed by atoms with Crippen LogP contribution in [0.4, 0.5) is 5.69 Å². The van der Waals surface area contributed by atoms with Gasteiger partial charge in [0, 0.05) is 21.3 Å². The molecule has 6 nitrogen and oxygen atoms in total. The lowest BCUT2D eigenvalue weighted by atomic mass is 10.1. The van der Waals surface area contributed by atoms with Crippen LogP contribution in [0.2, 0.25) is 0 Å². The molecule has 3 rings (SSSR count). The Morgan fingerprint density at radius 1 is 1.21 bits per heavy atom. The number of nitro benzene ring substituents is 1. The molecule has 0 radical (unpaired) electrons. The van der Waals surface area contributed by atoms with E-state index in [1.54, 1.807) is 18.2 Å². The molecule has 0 aliphatic carbocycles. The standard InChI is InChI=1S/C17H11IN2O4/c1-10-8-12(4-7-14(10)18)16-19-15(17(21)24-16)9-11-2-5-13(6-3-11)20(22)23/h2-9H,1H3/b15-9-. The van der Waals surface area contributed by atoms with Crippen molar-refractivity contribution in [3.8, 4) is 0 Å². The molecule has 0 saturated carbocycles. The lowest BCUT2D eigenvalue weighted by Gasteiger charge is -2.02. The Morgan fingerprint density at radius 2 is 1.92 bits per heavy atom. The van der Waals surface area contributed by atoms with Gasteiger partial charge in [-0.2, -0.15) is 0 Å². The number of aryl methyl sites for hydroxylation is 1. The van der Waals surface area contributed by atoms with Gasteiger partial charge in [-0.05, 0) is 77.0 Å². The molecule has 24 heavy (non-hydrogen) atoms. The number of hydrogen-bond acceptors (Lipinski definition) is 5. The summed E-state index contributed by atoms with van der Waals surface area (Å²) in [4.78, 5) is 26.4. The number of carbonyl (C=O) groups is 1. The fourth-order valence-electron chi connectivity index (χ4n) is 2.16. The third-order valence-corrected chi connectivity index (χ3v) is 4.64. The number of benzene rings is 2. The summed E-state index contributed by atoms with van der Waals surface area (Å²) < 4.78 is 6.33. The van der Waals surface area contributed by atoms with Crippen LogP contribution in [0.1, 0.15) is 16.7 Å². The average molecular weight is 434 g/mol. The predicted molar refractivity (Wildman–Crippen MR) is 97.6 cm³/mol. The van der Waals surface area contributed by atoms with Gasteiger partial charge in [-0.15, -0.1) is 0 Å². The van der Waals surface area contributed by atoms with Crippen LogP contribution in [-0.2, 0) is 9.53 Å². The largest absolute Gasteiger partial charge is 0.402 e. The first-order chi connectivity index (χ1) is 11.4. The Morgan fingerprint density at radius 3 is 2.54 bits per heavy atom.